The molecule has 0 saturated heterocycles. The van der Waals surface area contributed by atoms with Crippen LogP contribution in [0.25, 0.3) is 0 Å². The molecule has 0 radical (unpaired) electrons. The summed E-state index contributed by atoms with van der Waals surface area (Å²) < 4.78 is 0. The molecule has 3 rings (SSSR count). The Morgan fingerprint density at radius 3 is 2.67 bits per heavy atom. The highest BCUT2D eigenvalue weighted by atomic mass is 16.3. The second-order valence-electron chi connectivity index (χ2n) is 11.3. The summed E-state index contributed by atoms with van der Waals surface area (Å²) in [4.78, 5) is 0. The molecule has 0 spiro atoms. The number of aliphatic hydroxyl groups is 3. The fraction of sp³-hybridized carbons (Fsp3) is 0.778. The van der Waals surface area contributed by atoms with Gasteiger partial charge >= 0.3 is 0 Å². The minimum Gasteiger partial charge on any atom is -0.393 e. The van der Waals surface area contributed by atoms with Crippen molar-refractivity contribution in [2.24, 2.45) is 23.2 Å². The van der Waals surface area contributed by atoms with Gasteiger partial charge in [0.1, 0.15) is 0 Å². The number of aliphatic hydroxyl groups excluding tert-OH is 2. The van der Waals surface area contributed by atoms with Gasteiger partial charge < -0.3 is 15.3 Å². The number of rotatable bonds is 6. The minimum atomic E-state index is -0.633. The molecule has 0 bridgehead atoms. The molecule has 170 valence electrons. The zero-order chi connectivity index (χ0) is 22.1. The molecule has 0 amide bonds. The van der Waals surface area contributed by atoms with Crippen LogP contribution < -0.4 is 0 Å². The van der Waals surface area contributed by atoms with Crippen molar-refractivity contribution >= 4 is 0 Å². The van der Waals surface area contributed by atoms with E-state index in [-0.39, 0.29) is 5.41 Å². The fourth-order valence-corrected chi connectivity index (χ4v) is 6.77. The second-order valence-corrected chi connectivity index (χ2v) is 11.3. The summed E-state index contributed by atoms with van der Waals surface area (Å²) in [5, 5.41) is 31.6. The molecule has 30 heavy (non-hydrogen) atoms. The maximum Gasteiger partial charge on any atom is 0.0811 e. The number of fused-ring (bicyclic) bond motifs is 1. The average Bonchev–Trinajstić information content (AvgIpc) is 3.01. The third kappa shape index (κ3) is 4.95. The average molecular weight is 417 g/mol. The molecule has 0 heterocycles. The highest BCUT2D eigenvalue weighted by molar-refractivity contribution is 5.38. The summed E-state index contributed by atoms with van der Waals surface area (Å²) in [6, 6.07) is 0. The lowest BCUT2D eigenvalue weighted by Crippen LogP contribution is -2.45. The standard InChI is InChI=1S/C27H44O3/c1-18(2)8-6-15-27(5,30)25-13-12-23-20(9-7-14-26(23,25)4)10-11-21-16-22(28)17-24(29)19(21)3/h10-11,18,22-25,28-30H,3,6-9,12-17H2,1-2,4-5H3/b20-10+,21-11-/t22-,23+,24?,25+,26+,27+/m1/s1. The molecule has 0 aromatic heterocycles. The summed E-state index contributed by atoms with van der Waals surface area (Å²) >= 11 is 0. The zero-order valence-corrected chi connectivity index (χ0v) is 19.7. The number of allylic oxidation sites excluding steroid dienone is 3. The van der Waals surface area contributed by atoms with Gasteiger partial charge in [0.15, 0.2) is 0 Å². The molecule has 3 aliphatic carbocycles. The van der Waals surface area contributed by atoms with E-state index in [1.54, 1.807) is 0 Å². The third-order valence-electron chi connectivity index (χ3n) is 8.44. The summed E-state index contributed by atoms with van der Waals surface area (Å²) in [5.74, 6) is 1.57. The van der Waals surface area contributed by atoms with Gasteiger partial charge in [0.25, 0.3) is 0 Å². The Balaban J connectivity index is 1.76. The molecule has 3 N–H and O–H groups in total. The van der Waals surface area contributed by atoms with Crippen molar-refractivity contribution in [1.82, 2.24) is 0 Å². The third-order valence-corrected chi connectivity index (χ3v) is 8.44. The lowest BCUT2D eigenvalue weighted by Gasteiger charge is -2.47. The lowest BCUT2D eigenvalue weighted by molar-refractivity contribution is -0.0657. The Labute approximate surface area is 184 Å². The van der Waals surface area contributed by atoms with Crippen LogP contribution in [0.2, 0.25) is 0 Å². The Hall–Kier alpha value is -0.900. The molecule has 6 atom stereocenters. The monoisotopic (exact) mass is 416 g/mol. The Bertz CT molecular complexity index is 686. The maximum atomic E-state index is 11.4. The van der Waals surface area contributed by atoms with Crippen molar-refractivity contribution in [3.05, 3.63) is 35.5 Å². The first-order valence-corrected chi connectivity index (χ1v) is 12.2. The fourth-order valence-electron chi connectivity index (χ4n) is 6.77. The van der Waals surface area contributed by atoms with E-state index in [0.717, 1.165) is 43.3 Å². The van der Waals surface area contributed by atoms with E-state index in [1.807, 2.05) is 0 Å². The summed E-state index contributed by atoms with van der Waals surface area (Å²) in [5.41, 5.74) is 2.79. The molecule has 1 unspecified atom stereocenters. The highest BCUT2D eigenvalue weighted by Crippen LogP contribution is 2.60. The number of hydrogen-bond donors (Lipinski definition) is 3. The van der Waals surface area contributed by atoms with Crippen molar-refractivity contribution in [2.45, 2.75) is 110 Å². The maximum absolute atomic E-state index is 11.4. The van der Waals surface area contributed by atoms with Crippen molar-refractivity contribution in [3.8, 4) is 0 Å². The largest absolute Gasteiger partial charge is 0.393 e. The van der Waals surface area contributed by atoms with Crippen LogP contribution in [0.5, 0.6) is 0 Å². The van der Waals surface area contributed by atoms with Gasteiger partial charge in [-0.25, -0.2) is 0 Å². The smallest absolute Gasteiger partial charge is 0.0811 e. The van der Waals surface area contributed by atoms with Crippen LogP contribution in [0.15, 0.2) is 35.5 Å². The molecule has 3 aliphatic rings. The van der Waals surface area contributed by atoms with Crippen molar-refractivity contribution < 1.29 is 15.3 Å². The van der Waals surface area contributed by atoms with Gasteiger partial charge in [0, 0.05) is 6.42 Å². The summed E-state index contributed by atoms with van der Waals surface area (Å²) in [6.07, 6.45) is 13.1. The van der Waals surface area contributed by atoms with Crippen LogP contribution in [0.3, 0.4) is 0 Å². The van der Waals surface area contributed by atoms with Crippen LogP contribution in [0.4, 0.5) is 0 Å². The van der Waals surface area contributed by atoms with Crippen molar-refractivity contribution in [3.63, 3.8) is 0 Å². The van der Waals surface area contributed by atoms with Crippen LogP contribution in [0.1, 0.15) is 91.9 Å². The van der Waals surface area contributed by atoms with E-state index >= 15 is 0 Å². The highest BCUT2D eigenvalue weighted by Gasteiger charge is 2.54. The lowest BCUT2D eigenvalue weighted by atomic mass is 9.59. The molecule has 0 aromatic rings. The van der Waals surface area contributed by atoms with Gasteiger partial charge in [0.2, 0.25) is 0 Å². The van der Waals surface area contributed by atoms with Gasteiger partial charge in [-0.2, -0.15) is 0 Å². The first kappa shape index (κ1) is 23.8. The van der Waals surface area contributed by atoms with Crippen molar-refractivity contribution in [2.75, 3.05) is 0 Å². The van der Waals surface area contributed by atoms with Crippen molar-refractivity contribution in [1.29, 1.82) is 0 Å². The predicted molar refractivity (Wildman–Crippen MR) is 124 cm³/mol. The topological polar surface area (TPSA) is 60.7 Å². The van der Waals surface area contributed by atoms with Gasteiger partial charge in [-0.1, -0.05) is 57.9 Å². The molecule has 0 aliphatic heterocycles. The molecular weight excluding hydrogens is 372 g/mol. The molecule has 0 aromatic carbocycles. The molecule has 3 fully saturated rings. The predicted octanol–water partition coefficient (Wildman–Crippen LogP) is 5.70. The van der Waals surface area contributed by atoms with Crippen LogP contribution >= 0.6 is 0 Å². The Morgan fingerprint density at radius 2 is 1.97 bits per heavy atom. The molecular formula is C27H44O3. The first-order valence-electron chi connectivity index (χ1n) is 12.2. The van der Waals surface area contributed by atoms with Crippen LogP contribution in [0, 0.1) is 23.2 Å². The Kier molecular flexibility index (Phi) is 7.37. The van der Waals surface area contributed by atoms with E-state index in [4.69, 9.17) is 0 Å². The van der Waals surface area contributed by atoms with Gasteiger partial charge in [-0.15, -0.1) is 0 Å². The van der Waals surface area contributed by atoms with E-state index in [1.165, 1.54) is 24.8 Å². The minimum absolute atomic E-state index is 0.159. The quantitative estimate of drug-likeness (QED) is 0.520. The van der Waals surface area contributed by atoms with Crippen LogP contribution in [-0.2, 0) is 0 Å². The number of hydrogen-bond acceptors (Lipinski definition) is 3. The summed E-state index contributed by atoms with van der Waals surface area (Å²) in [6.45, 7) is 13.1. The van der Waals surface area contributed by atoms with Gasteiger partial charge in [-0.05, 0) is 86.2 Å². The molecule has 3 heteroatoms. The van der Waals surface area contributed by atoms with E-state index < -0.39 is 17.8 Å². The molecule has 3 nitrogen and oxygen atoms in total. The van der Waals surface area contributed by atoms with Gasteiger partial charge in [0.05, 0.1) is 17.8 Å². The normalized spacial score (nSPS) is 39.5. The van der Waals surface area contributed by atoms with Gasteiger partial charge in [-0.3, -0.25) is 0 Å². The van der Waals surface area contributed by atoms with E-state index in [2.05, 4.69) is 46.4 Å². The second kappa shape index (κ2) is 9.30. The van der Waals surface area contributed by atoms with E-state index in [9.17, 15) is 15.3 Å². The van der Waals surface area contributed by atoms with Crippen LogP contribution in [-0.4, -0.2) is 33.1 Å². The first-order chi connectivity index (χ1) is 14.0. The molecule has 3 saturated carbocycles. The summed E-state index contributed by atoms with van der Waals surface area (Å²) in [7, 11) is 0. The van der Waals surface area contributed by atoms with E-state index in [0.29, 0.717) is 30.6 Å². The SMILES string of the molecule is C=C1/C(=C\C=C2/CCC[C@@]3(C)[C@H]2CC[C@@H]3[C@@](C)(O)CCCC(C)C)C[C@@H](O)CC1O. The zero-order valence-electron chi connectivity index (χ0n) is 19.7. The Morgan fingerprint density at radius 1 is 1.23 bits per heavy atom.